The van der Waals surface area contributed by atoms with E-state index in [-0.39, 0.29) is 5.75 Å². The zero-order chi connectivity index (χ0) is 20.3. The molecule has 6 nitrogen and oxygen atoms in total. The zero-order valence-corrected chi connectivity index (χ0v) is 15.5. The average molecular weight is 418 g/mol. The third-order valence-corrected chi connectivity index (χ3v) is 4.69. The van der Waals surface area contributed by atoms with Crippen LogP contribution in [0.1, 0.15) is 11.7 Å². The number of piperazine rings is 1. The Balaban J connectivity index is 1.61. The maximum Gasteiger partial charge on any atom is 0.573 e. The first kappa shape index (κ1) is 20.5. The third kappa shape index (κ3) is 4.98. The number of halogens is 4. The first-order chi connectivity index (χ1) is 13.3. The van der Waals surface area contributed by atoms with Crippen LogP contribution in [0.25, 0.3) is 0 Å². The van der Waals surface area contributed by atoms with Gasteiger partial charge in [-0.3, -0.25) is 0 Å². The molecule has 0 spiro atoms. The summed E-state index contributed by atoms with van der Waals surface area (Å²) in [5.74, 6) is 0.333. The number of aromatic nitrogens is 1. The van der Waals surface area contributed by atoms with Gasteiger partial charge in [-0.25, -0.2) is 4.98 Å². The molecule has 1 fully saturated rings. The standard InChI is InChI=1S/C18H19ClF3N3O3/c19-15-9-12(16(27)11-26)10-23-17(15)25-7-5-24(6-8-25)13-1-3-14(4-2-13)28-18(20,21)22/h1-4,9-10,16,26-27H,5-8,11H2/t16-/m1/s1. The van der Waals surface area contributed by atoms with E-state index in [2.05, 4.69) is 9.72 Å². The minimum absolute atomic E-state index is 0.254. The molecule has 0 aliphatic carbocycles. The Bertz CT molecular complexity index is 797. The average Bonchev–Trinajstić information content (AvgIpc) is 2.67. The van der Waals surface area contributed by atoms with Crippen LogP contribution in [0.15, 0.2) is 36.5 Å². The van der Waals surface area contributed by atoms with E-state index in [1.54, 1.807) is 18.2 Å². The number of benzene rings is 1. The number of hydrogen-bond acceptors (Lipinski definition) is 6. The summed E-state index contributed by atoms with van der Waals surface area (Å²) < 4.78 is 40.6. The lowest BCUT2D eigenvalue weighted by Crippen LogP contribution is -2.47. The smallest absolute Gasteiger partial charge is 0.406 e. The highest BCUT2D eigenvalue weighted by Gasteiger charge is 2.31. The molecule has 2 aromatic rings. The lowest BCUT2D eigenvalue weighted by Gasteiger charge is -2.37. The Morgan fingerprint density at radius 2 is 1.71 bits per heavy atom. The molecule has 1 aromatic carbocycles. The summed E-state index contributed by atoms with van der Waals surface area (Å²) in [5.41, 5.74) is 1.24. The summed E-state index contributed by atoms with van der Waals surface area (Å²) in [6, 6.07) is 7.34. The maximum absolute atomic E-state index is 12.2. The van der Waals surface area contributed by atoms with Gasteiger partial charge in [0.2, 0.25) is 0 Å². The van der Waals surface area contributed by atoms with Crippen LogP contribution in [0.2, 0.25) is 5.02 Å². The van der Waals surface area contributed by atoms with E-state index in [9.17, 15) is 18.3 Å². The predicted octanol–water partition coefficient (Wildman–Crippen LogP) is 2.99. The highest BCUT2D eigenvalue weighted by molar-refractivity contribution is 6.33. The van der Waals surface area contributed by atoms with E-state index in [1.807, 2.05) is 9.80 Å². The summed E-state index contributed by atoms with van der Waals surface area (Å²) in [4.78, 5) is 8.34. The summed E-state index contributed by atoms with van der Waals surface area (Å²) in [5, 5.41) is 19.0. The molecule has 0 saturated carbocycles. The SMILES string of the molecule is OC[C@@H](O)c1cnc(N2CCN(c3ccc(OC(F)(F)F)cc3)CC2)c(Cl)c1. The summed E-state index contributed by atoms with van der Waals surface area (Å²) in [6.07, 6.45) is -4.25. The van der Waals surface area contributed by atoms with Crippen molar-refractivity contribution in [2.45, 2.75) is 12.5 Å². The number of alkyl halides is 3. The van der Waals surface area contributed by atoms with Crippen molar-refractivity contribution in [1.82, 2.24) is 4.98 Å². The minimum Gasteiger partial charge on any atom is -0.406 e. The molecule has 3 rings (SSSR count). The van der Waals surface area contributed by atoms with Crippen LogP contribution < -0.4 is 14.5 Å². The number of rotatable bonds is 5. The van der Waals surface area contributed by atoms with Gasteiger partial charge in [0.1, 0.15) is 17.7 Å². The van der Waals surface area contributed by atoms with Gasteiger partial charge in [-0.2, -0.15) is 0 Å². The van der Waals surface area contributed by atoms with Crippen LogP contribution in [-0.2, 0) is 0 Å². The maximum atomic E-state index is 12.2. The van der Waals surface area contributed by atoms with E-state index in [4.69, 9.17) is 16.7 Å². The Morgan fingerprint density at radius 3 is 2.25 bits per heavy atom. The lowest BCUT2D eigenvalue weighted by atomic mass is 10.1. The van der Waals surface area contributed by atoms with Gasteiger partial charge in [0.05, 0.1) is 11.6 Å². The Hall–Kier alpha value is -2.23. The molecule has 0 bridgehead atoms. The second-order valence-electron chi connectivity index (χ2n) is 6.29. The van der Waals surface area contributed by atoms with Crippen LogP contribution in [0.4, 0.5) is 24.7 Å². The van der Waals surface area contributed by atoms with Crippen molar-refractivity contribution in [3.8, 4) is 5.75 Å². The number of nitrogens with zero attached hydrogens (tertiary/aromatic N) is 3. The third-order valence-electron chi connectivity index (χ3n) is 4.42. The van der Waals surface area contributed by atoms with Crippen molar-refractivity contribution in [3.05, 3.63) is 47.1 Å². The number of anilines is 2. The van der Waals surface area contributed by atoms with E-state index in [0.29, 0.717) is 42.6 Å². The first-order valence-corrected chi connectivity index (χ1v) is 8.94. The molecule has 152 valence electrons. The molecular formula is C18H19ClF3N3O3. The molecule has 2 N–H and O–H groups in total. The Morgan fingerprint density at radius 1 is 1.11 bits per heavy atom. The highest BCUT2D eigenvalue weighted by atomic mass is 35.5. The quantitative estimate of drug-likeness (QED) is 0.779. The van der Waals surface area contributed by atoms with E-state index < -0.39 is 19.1 Å². The molecule has 0 radical (unpaired) electrons. The highest BCUT2D eigenvalue weighted by Crippen LogP contribution is 2.29. The van der Waals surface area contributed by atoms with Gasteiger partial charge < -0.3 is 24.7 Å². The fraction of sp³-hybridized carbons (Fsp3) is 0.389. The van der Waals surface area contributed by atoms with Gasteiger partial charge in [0, 0.05) is 43.6 Å². The Labute approximate surface area is 164 Å². The Kier molecular flexibility index (Phi) is 6.17. The number of hydrogen-bond donors (Lipinski definition) is 2. The normalized spacial score (nSPS) is 16.2. The molecule has 0 amide bonds. The van der Waals surface area contributed by atoms with E-state index in [1.165, 1.54) is 18.3 Å². The number of aliphatic hydroxyl groups is 2. The second-order valence-corrected chi connectivity index (χ2v) is 6.70. The molecule has 1 saturated heterocycles. The van der Waals surface area contributed by atoms with Crippen LogP contribution in [0.3, 0.4) is 0 Å². The zero-order valence-electron chi connectivity index (χ0n) is 14.7. The fourth-order valence-corrected chi connectivity index (χ4v) is 3.30. The van der Waals surface area contributed by atoms with Crippen LogP contribution in [0.5, 0.6) is 5.75 Å². The lowest BCUT2D eigenvalue weighted by molar-refractivity contribution is -0.274. The number of aliphatic hydroxyl groups excluding tert-OH is 2. The molecule has 0 unspecified atom stereocenters. The second kappa shape index (κ2) is 8.42. The topological polar surface area (TPSA) is 69.1 Å². The van der Waals surface area contributed by atoms with Crippen molar-refractivity contribution in [2.24, 2.45) is 0 Å². The van der Waals surface area contributed by atoms with Crippen LogP contribution in [0, 0.1) is 0 Å². The predicted molar refractivity (Wildman–Crippen MR) is 98.8 cm³/mol. The van der Waals surface area contributed by atoms with Gasteiger partial charge in [-0.1, -0.05) is 11.6 Å². The molecule has 2 heterocycles. The van der Waals surface area contributed by atoms with Gasteiger partial charge in [-0.15, -0.1) is 13.2 Å². The van der Waals surface area contributed by atoms with Crippen LogP contribution in [-0.4, -0.2) is 54.3 Å². The molecular weight excluding hydrogens is 399 g/mol. The van der Waals surface area contributed by atoms with Crippen LogP contribution >= 0.6 is 11.6 Å². The largest absolute Gasteiger partial charge is 0.573 e. The van der Waals surface area contributed by atoms with Crippen molar-refractivity contribution in [2.75, 3.05) is 42.6 Å². The van der Waals surface area contributed by atoms with Crippen molar-refractivity contribution in [1.29, 1.82) is 0 Å². The van der Waals surface area contributed by atoms with Crippen molar-refractivity contribution < 1.29 is 28.1 Å². The summed E-state index contributed by atoms with van der Waals surface area (Å²) >= 11 is 6.27. The monoisotopic (exact) mass is 417 g/mol. The van der Waals surface area contributed by atoms with Gasteiger partial charge in [0.15, 0.2) is 0 Å². The van der Waals surface area contributed by atoms with Gasteiger partial charge >= 0.3 is 6.36 Å². The fourth-order valence-electron chi connectivity index (χ4n) is 3.00. The molecule has 1 aliphatic rings. The molecule has 1 aromatic heterocycles. The molecule has 10 heteroatoms. The summed E-state index contributed by atoms with van der Waals surface area (Å²) in [7, 11) is 0. The molecule has 1 atom stereocenters. The van der Waals surface area contributed by atoms with Gasteiger partial charge in [0.25, 0.3) is 0 Å². The van der Waals surface area contributed by atoms with Crippen molar-refractivity contribution in [3.63, 3.8) is 0 Å². The molecule has 1 aliphatic heterocycles. The number of pyridine rings is 1. The minimum atomic E-state index is -4.71. The summed E-state index contributed by atoms with van der Waals surface area (Å²) in [6.45, 7) is 2.10. The van der Waals surface area contributed by atoms with Gasteiger partial charge in [-0.05, 0) is 30.3 Å². The number of ether oxygens (including phenoxy) is 1. The molecule has 28 heavy (non-hydrogen) atoms. The van der Waals surface area contributed by atoms with E-state index >= 15 is 0 Å². The first-order valence-electron chi connectivity index (χ1n) is 8.57. The van der Waals surface area contributed by atoms with Crippen molar-refractivity contribution >= 4 is 23.1 Å². The van der Waals surface area contributed by atoms with E-state index in [0.717, 1.165) is 5.69 Å².